The highest BCUT2D eigenvalue weighted by atomic mass is 16.5. The average molecular weight is 215 g/mol. The molecule has 1 aliphatic heterocycles. The molecule has 1 heterocycles. The Morgan fingerprint density at radius 3 is 2.47 bits per heavy atom. The number of carbonyl (C=O) groups excluding carboxylic acids is 1. The number of carboxylic acids is 1. The van der Waals surface area contributed by atoms with E-state index >= 15 is 0 Å². The summed E-state index contributed by atoms with van der Waals surface area (Å²) in [4.78, 5) is 23.8. The third-order valence-corrected chi connectivity index (χ3v) is 2.96. The van der Waals surface area contributed by atoms with Crippen molar-refractivity contribution in [2.24, 2.45) is 11.3 Å². The number of carboxylic acid groups (broad SMARTS) is 1. The summed E-state index contributed by atoms with van der Waals surface area (Å²) in [6, 6.07) is 0. The molecular weight excluding hydrogens is 198 g/mol. The predicted molar refractivity (Wildman–Crippen MR) is 53.5 cm³/mol. The molecule has 1 amide bonds. The van der Waals surface area contributed by atoms with Gasteiger partial charge >= 0.3 is 12.1 Å². The van der Waals surface area contributed by atoms with Gasteiger partial charge in [-0.15, -0.1) is 0 Å². The molecule has 1 atom stereocenters. The first-order chi connectivity index (χ1) is 6.88. The molecule has 0 aromatic rings. The molecule has 1 aliphatic rings. The van der Waals surface area contributed by atoms with Crippen molar-refractivity contribution in [2.75, 3.05) is 20.2 Å². The lowest BCUT2D eigenvalue weighted by atomic mass is 9.74. The van der Waals surface area contributed by atoms with Crippen molar-refractivity contribution in [1.29, 1.82) is 0 Å². The van der Waals surface area contributed by atoms with Gasteiger partial charge in [-0.05, 0) is 11.8 Å². The minimum Gasteiger partial charge on any atom is -0.481 e. The van der Waals surface area contributed by atoms with Gasteiger partial charge in [0.1, 0.15) is 0 Å². The van der Waals surface area contributed by atoms with Crippen LogP contribution in [0.1, 0.15) is 20.3 Å². The molecule has 86 valence electrons. The minimum absolute atomic E-state index is 0.382. The van der Waals surface area contributed by atoms with E-state index in [1.807, 2.05) is 13.8 Å². The highest BCUT2D eigenvalue weighted by Crippen LogP contribution is 2.35. The molecular formula is C10H17NO4. The second kappa shape index (κ2) is 4.08. The number of methoxy groups -OCH3 is 1. The maximum atomic E-state index is 11.3. The summed E-state index contributed by atoms with van der Waals surface area (Å²) in [5, 5.41) is 9.02. The van der Waals surface area contributed by atoms with Crippen LogP contribution in [0.25, 0.3) is 0 Å². The summed E-state index contributed by atoms with van der Waals surface area (Å²) in [5.41, 5.74) is -0.404. The number of ether oxygens (including phenoxy) is 1. The summed E-state index contributed by atoms with van der Waals surface area (Å²) in [5.74, 6) is -1.18. The van der Waals surface area contributed by atoms with Crippen molar-refractivity contribution in [2.45, 2.75) is 20.3 Å². The van der Waals surface area contributed by atoms with E-state index in [4.69, 9.17) is 5.11 Å². The number of nitrogens with zero attached hydrogens (tertiary/aromatic N) is 1. The molecule has 0 saturated carbocycles. The summed E-state index contributed by atoms with van der Waals surface area (Å²) < 4.78 is 4.62. The molecule has 0 spiro atoms. The van der Waals surface area contributed by atoms with E-state index in [0.29, 0.717) is 19.5 Å². The van der Waals surface area contributed by atoms with Crippen LogP contribution in [0, 0.1) is 11.3 Å². The maximum Gasteiger partial charge on any atom is 0.409 e. The largest absolute Gasteiger partial charge is 0.481 e. The Morgan fingerprint density at radius 2 is 2.07 bits per heavy atom. The van der Waals surface area contributed by atoms with Crippen LogP contribution in [0.3, 0.4) is 0 Å². The molecule has 1 N–H and O–H groups in total. The fourth-order valence-electron chi connectivity index (χ4n) is 2.10. The number of hydrogen-bond donors (Lipinski definition) is 1. The van der Waals surface area contributed by atoms with E-state index < -0.39 is 17.3 Å². The Bertz CT molecular complexity index is 275. The average Bonchev–Trinajstić information content (AvgIpc) is 2.14. The van der Waals surface area contributed by atoms with E-state index in [9.17, 15) is 9.59 Å². The standard InChI is InChI=1S/C10H17NO4/c1-10(2)6-11(9(14)15-3)5-4-7(10)8(12)13/h7H,4-6H2,1-3H3,(H,12,13). The van der Waals surface area contributed by atoms with Gasteiger partial charge in [-0.1, -0.05) is 13.8 Å². The Kier molecular flexibility index (Phi) is 3.21. The van der Waals surface area contributed by atoms with E-state index in [1.54, 1.807) is 4.90 Å². The molecule has 15 heavy (non-hydrogen) atoms. The van der Waals surface area contributed by atoms with Crippen molar-refractivity contribution >= 4 is 12.1 Å². The molecule has 0 radical (unpaired) electrons. The molecule has 5 nitrogen and oxygen atoms in total. The summed E-state index contributed by atoms with van der Waals surface area (Å²) in [6.45, 7) is 4.60. The highest BCUT2D eigenvalue weighted by Gasteiger charge is 2.41. The number of carbonyl (C=O) groups is 2. The summed E-state index contributed by atoms with van der Waals surface area (Å²) in [6.07, 6.45) is 0.101. The van der Waals surface area contributed by atoms with Crippen LogP contribution < -0.4 is 0 Å². The van der Waals surface area contributed by atoms with Crippen LogP contribution in [0.2, 0.25) is 0 Å². The Morgan fingerprint density at radius 1 is 1.47 bits per heavy atom. The molecule has 1 fully saturated rings. The van der Waals surface area contributed by atoms with Gasteiger partial charge < -0.3 is 14.7 Å². The van der Waals surface area contributed by atoms with Crippen LogP contribution in [0.15, 0.2) is 0 Å². The first-order valence-corrected chi connectivity index (χ1v) is 4.94. The molecule has 1 rings (SSSR count). The van der Waals surface area contributed by atoms with Crippen molar-refractivity contribution < 1.29 is 19.4 Å². The zero-order chi connectivity index (χ0) is 11.6. The number of likely N-dealkylation sites (tertiary alicyclic amines) is 1. The van der Waals surface area contributed by atoms with Gasteiger partial charge in [0.2, 0.25) is 0 Å². The molecule has 0 bridgehead atoms. The molecule has 1 unspecified atom stereocenters. The first kappa shape index (κ1) is 11.8. The van der Waals surface area contributed by atoms with Gasteiger partial charge in [0, 0.05) is 13.1 Å². The van der Waals surface area contributed by atoms with Crippen molar-refractivity contribution in [3.05, 3.63) is 0 Å². The van der Waals surface area contributed by atoms with Gasteiger partial charge in [0.15, 0.2) is 0 Å². The number of piperidine rings is 1. The monoisotopic (exact) mass is 215 g/mol. The third kappa shape index (κ3) is 2.40. The smallest absolute Gasteiger partial charge is 0.409 e. The van der Waals surface area contributed by atoms with Crippen LogP contribution in [-0.4, -0.2) is 42.3 Å². The lowest BCUT2D eigenvalue weighted by molar-refractivity contribution is -0.148. The number of rotatable bonds is 1. The zero-order valence-electron chi connectivity index (χ0n) is 9.32. The van der Waals surface area contributed by atoms with Gasteiger partial charge in [-0.3, -0.25) is 4.79 Å². The lowest BCUT2D eigenvalue weighted by Gasteiger charge is -2.41. The molecule has 1 saturated heterocycles. The molecule has 5 heteroatoms. The van der Waals surface area contributed by atoms with Gasteiger partial charge in [-0.25, -0.2) is 4.79 Å². The number of amides is 1. The van der Waals surface area contributed by atoms with Gasteiger partial charge in [0.05, 0.1) is 13.0 Å². The first-order valence-electron chi connectivity index (χ1n) is 4.94. The maximum absolute atomic E-state index is 11.3. The van der Waals surface area contributed by atoms with E-state index in [-0.39, 0.29) is 6.09 Å². The molecule has 0 aromatic heterocycles. The number of hydrogen-bond acceptors (Lipinski definition) is 3. The van der Waals surface area contributed by atoms with Gasteiger partial charge in [0.25, 0.3) is 0 Å². The predicted octanol–water partition coefficient (Wildman–Crippen LogP) is 1.19. The third-order valence-electron chi connectivity index (χ3n) is 2.96. The molecule has 0 aliphatic carbocycles. The summed E-state index contributed by atoms with van der Waals surface area (Å²) in [7, 11) is 1.33. The second-order valence-electron chi connectivity index (χ2n) is 4.56. The van der Waals surface area contributed by atoms with Gasteiger partial charge in [-0.2, -0.15) is 0 Å². The summed E-state index contributed by atoms with van der Waals surface area (Å²) >= 11 is 0. The lowest BCUT2D eigenvalue weighted by Crippen LogP contribution is -2.50. The fraction of sp³-hybridized carbons (Fsp3) is 0.800. The van der Waals surface area contributed by atoms with Crippen LogP contribution in [0.4, 0.5) is 4.79 Å². The Hall–Kier alpha value is -1.26. The number of aliphatic carboxylic acids is 1. The topological polar surface area (TPSA) is 66.8 Å². The SMILES string of the molecule is COC(=O)N1CCC(C(=O)O)C(C)(C)C1. The normalized spacial score (nSPS) is 24.7. The van der Waals surface area contributed by atoms with Crippen LogP contribution >= 0.6 is 0 Å². The molecule has 0 aromatic carbocycles. The zero-order valence-corrected chi connectivity index (χ0v) is 9.32. The Labute approximate surface area is 89.0 Å². The minimum atomic E-state index is -0.787. The van der Waals surface area contributed by atoms with E-state index in [0.717, 1.165) is 0 Å². The second-order valence-corrected chi connectivity index (χ2v) is 4.56. The van der Waals surface area contributed by atoms with Crippen LogP contribution in [0.5, 0.6) is 0 Å². The quantitative estimate of drug-likeness (QED) is 0.713. The van der Waals surface area contributed by atoms with Crippen molar-refractivity contribution in [3.8, 4) is 0 Å². The van der Waals surface area contributed by atoms with Crippen molar-refractivity contribution in [1.82, 2.24) is 4.90 Å². The Balaban J connectivity index is 2.72. The fourth-order valence-corrected chi connectivity index (χ4v) is 2.10. The van der Waals surface area contributed by atoms with Crippen LogP contribution in [-0.2, 0) is 9.53 Å². The van der Waals surface area contributed by atoms with E-state index in [1.165, 1.54) is 7.11 Å². The van der Waals surface area contributed by atoms with Crippen molar-refractivity contribution in [3.63, 3.8) is 0 Å². The van der Waals surface area contributed by atoms with E-state index in [2.05, 4.69) is 4.74 Å². The highest BCUT2D eigenvalue weighted by molar-refractivity contribution is 5.72.